The molecule has 0 bridgehead atoms. The first-order chi connectivity index (χ1) is 9.61. The summed E-state index contributed by atoms with van der Waals surface area (Å²) < 4.78 is 24.9. The Morgan fingerprint density at radius 2 is 1.75 bits per heavy atom. The van der Waals surface area contributed by atoms with Crippen LogP contribution in [0.1, 0.15) is 18.6 Å². The molecule has 2 aromatic rings. The molecule has 2 aromatic carbocycles. The highest BCUT2D eigenvalue weighted by Crippen LogP contribution is 2.28. The van der Waals surface area contributed by atoms with E-state index in [0.717, 1.165) is 0 Å². The number of hydrogen-bond acceptors (Lipinski definition) is 3. The molecule has 0 aromatic heterocycles. The van der Waals surface area contributed by atoms with Crippen molar-refractivity contribution in [3.8, 4) is 11.5 Å². The predicted molar refractivity (Wildman–Crippen MR) is 76.4 cm³/mol. The Morgan fingerprint density at radius 3 is 2.40 bits per heavy atom. The zero-order valence-corrected chi connectivity index (χ0v) is 11.5. The van der Waals surface area contributed by atoms with Crippen molar-refractivity contribution in [2.45, 2.75) is 19.1 Å². The number of nitrogens with two attached hydrogens (primary N) is 1. The molecule has 0 heterocycles. The van der Waals surface area contributed by atoms with Gasteiger partial charge in [-0.1, -0.05) is 24.3 Å². The van der Waals surface area contributed by atoms with Crippen LogP contribution in [0.25, 0.3) is 0 Å². The lowest BCUT2D eigenvalue weighted by molar-refractivity contribution is 0.175. The van der Waals surface area contributed by atoms with Crippen LogP contribution >= 0.6 is 0 Å². The molecule has 106 valence electrons. The Hall–Kier alpha value is -2.07. The average molecular weight is 275 g/mol. The van der Waals surface area contributed by atoms with Gasteiger partial charge in [-0.15, -0.1) is 0 Å². The Balaban J connectivity index is 2.28. The highest BCUT2D eigenvalue weighted by atomic mass is 19.1. The minimum Gasteiger partial charge on any atom is -0.497 e. The van der Waals surface area contributed by atoms with Gasteiger partial charge in [0.05, 0.1) is 7.11 Å². The topological polar surface area (TPSA) is 44.5 Å². The molecule has 0 saturated carbocycles. The van der Waals surface area contributed by atoms with Crippen LogP contribution in [0, 0.1) is 5.82 Å². The van der Waals surface area contributed by atoms with Crippen molar-refractivity contribution in [3.63, 3.8) is 0 Å². The van der Waals surface area contributed by atoms with Crippen LogP contribution in [0.15, 0.2) is 48.5 Å². The van der Waals surface area contributed by atoms with Crippen LogP contribution in [0.5, 0.6) is 11.5 Å². The van der Waals surface area contributed by atoms with Crippen molar-refractivity contribution in [3.05, 3.63) is 59.9 Å². The van der Waals surface area contributed by atoms with Crippen LogP contribution in [0.4, 0.5) is 4.39 Å². The Morgan fingerprint density at radius 1 is 1.05 bits per heavy atom. The number of hydrogen-bond donors (Lipinski definition) is 1. The lowest BCUT2D eigenvalue weighted by atomic mass is 10.0. The van der Waals surface area contributed by atoms with E-state index < -0.39 is 6.10 Å². The molecule has 4 heteroatoms. The van der Waals surface area contributed by atoms with Crippen molar-refractivity contribution < 1.29 is 13.9 Å². The van der Waals surface area contributed by atoms with E-state index in [4.69, 9.17) is 15.2 Å². The summed E-state index contributed by atoms with van der Waals surface area (Å²) in [6, 6.07) is 13.3. The van der Waals surface area contributed by atoms with E-state index in [1.807, 2.05) is 12.1 Å². The summed E-state index contributed by atoms with van der Waals surface area (Å²) in [7, 11) is 1.58. The number of benzene rings is 2. The molecule has 0 aliphatic carbocycles. The second-order valence-corrected chi connectivity index (χ2v) is 4.60. The Kier molecular flexibility index (Phi) is 4.58. The summed E-state index contributed by atoms with van der Waals surface area (Å²) in [5, 5.41) is 0. The van der Waals surface area contributed by atoms with Crippen LogP contribution < -0.4 is 15.2 Å². The predicted octanol–water partition coefficient (Wildman–Crippen LogP) is 3.30. The van der Waals surface area contributed by atoms with Gasteiger partial charge in [-0.25, -0.2) is 4.39 Å². The molecule has 0 radical (unpaired) electrons. The molecule has 0 saturated heterocycles. The van der Waals surface area contributed by atoms with E-state index in [0.29, 0.717) is 17.1 Å². The van der Waals surface area contributed by atoms with Gasteiger partial charge in [0.1, 0.15) is 23.4 Å². The number of ether oxygens (including phenoxy) is 2. The van der Waals surface area contributed by atoms with Gasteiger partial charge >= 0.3 is 0 Å². The molecular formula is C16H18FNO2. The lowest BCUT2D eigenvalue weighted by Gasteiger charge is -2.23. The van der Waals surface area contributed by atoms with E-state index in [1.165, 1.54) is 6.07 Å². The van der Waals surface area contributed by atoms with Crippen molar-refractivity contribution in [1.29, 1.82) is 0 Å². The zero-order chi connectivity index (χ0) is 14.5. The zero-order valence-electron chi connectivity index (χ0n) is 11.5. The maximum atomic E-state index is 13.9. The van der Waals surface area contributed by atoms with Crippen molar-refractivity contribution in [1.82, 2.24) is 0 Å². The Labute approximate surface area is 118 Å². The van der Waals surface area contributed by atoms with Gasteiger partial charge in [0.15, 0.2) is 0 Å². The second-order valence-electron chi connectivity index (χ2n) is 4.60. The highest BCUT2D eigenvalue weighted by molar-refractivity contribution is 5.34. The molecule has 2 atom stereocenters. The van der Waals surface area contributed by atoms with E-state index >= 15 is 0 Å². The third-order valence-electron chi connectivity index (χ3n) is 2.99. The van der Waals surface area contributed by atoms with Gasteiger partial charge in [0, 0.05) is 17.7 Å². The second kappa shape index (κ2) is 6.39. The summed E-state index contributed by atoms with van der Waals surface area (Å²) in [5.74, 6) is 0.951. The van der Waals surface area contributed by atoms with Gasteiger partial charge in [0.2, 0.25) is 0 Å². The molecule has 20 heavy (non-hydrogen) atoms. The van der Waals surface area contributed by atoms with Crippen molar-refractivity contribution in [2.24, 2.45) is 5.73 Å². The lowest BCUT2D eigenvalue weighted by Crippen LogP contribution is -2.29. The maximum absolute atomic E-state index is 13.9. The monoisotopic (exact) mass is 275 g/mol. The summed E-state index contributed by atoms with van der Waals surface area (Å²) >= 11 is 0. The highest BCUT2D eigenvalue weighted by Gasteiger charge is 2.21. The van der Waals surface area contributed by atoms with Gasteiger partial charge in [-0.05, 0) is 25.1 Å². The number of halogens is 1. The van der Waals surface area contributed by atoms with E-state index in [2.05, 4.69) is 0 Å². The number of methoxy groups -OCH3 is 1. The third kappa shape index (κ3) is 3.27. The van der Waals surface area contributed by atoms with E-state index in [-0.39, 0.29) is 11.9 Å². The normalized spacial score (nSPS) is 13.6. The minimum absolute atomic E-state index is 0.322. The van der Waals surface area contributed by atoms with Crippen LogP contribution in [-0.2, 0) is 0 Å². The molecule has 0 spiro atoms. The van der Waals surface area contributed by atoms with Gasteiger partial charge in [-0.2, -0.15) is 0 Å². The summed E-state index contributed by atoms with van der Waals surface area (Å²) in [6.07, 6.45) is -0.552. The first kappa shape index (κ1) is 14.3. The Bertz CT molecular complexity index is 572. The smallest absolute Gasteiger partial charge is 0.141 e. The van der Waals surface area contributed by atoms with Crippen molar-refractivity contribution in [2.75, 3.05) is 7.11 Å². The van der Waals surface area contributed by atoms with Crippen LogP contribution in [-0.4, -0.2) is 13.2 Å². The van der Waals surface area contributed by atoms with Gasteiger partial charge in [-0.3, -0.25) is 0 Å². The molecule has 0 aliphatic heterocycles. The fourth-order valence-electron chi connectivity index (χ4n) is 1.98. The fourth-order valence-corrected chi connectivity index (χ4v) is 1.98. The first-order valence-corrected chi connectivity index (χ1v) is 6.42. The van der Waals surface area contributed by atoms with Crippen LogP contribution in [0.2, 0.25) is 0 Å². The van der Waals surface area contributed by atoms with Gasteiger partial charge in [0.25, 0.3) is 0 Å². The van der Waals surface area contributed by atoms with E-state index in [1.54, 1.807) is 44.4 Å². The molecule has 2 N–H and O–H groups in total. The van der Waals surface area contributed by atoms with Crippen LogP contribution in [0.3, 0.4) is 0 Å². The summed E-state index contributed by atoms with van der Waals surface area (Å²) in [6.45, 7) is 1.79. The maximum Gasteiger partial charge on any atom is 0.141 e. The number of rotatable bonds is 5. The fraction of sp³-hybridized carbons (Fsp3) is 0.250. The molecule has 0 amide bonds. The molecule has 0 fully saturated rings. The molecule has 2 rings (SSSR count). The van der Waals surface area contributed by atoms with Crippen molar-refractivity contribution >= 4 is 0 Å². The quantitative estimate of drug-likeness (QED) is 0.910. The molecular weight excluding hydrogens is 257 g/mol. The molecule has 0 aliphatic rings. The average Bonchev–Trinajstić information content (AvgIpc) is 2.45. The minimum atomic E-state index is -0.552. The first-order valence-electron chi connectivity index (χ1n) is 6.42. The molecule has 3 nitrogen and oxygen atoms in total. The SMILES string of the molecule is COc1cccc(OC(c2ccccc2F)C(C)N)c1. The molecule has 2 unspecified atom stereocenters. The summed E-state index contributed by atoms with van der Waals surface area (Å²) in [5.41, 5.74) is 6.38. The largest absolute Gasteiger partial charge is 0.497 e. The summed E-state index contributed by atoms with van der Waals surface area (Å²) in [4.78, 5) is 0. The van der Waals surface area contributed by atoms with Gasteiger partial charge < -0.3 is 15.2 Å². The van der Waals surface area contributed by atoms with E-state index in [9.17, 15) is 4.39 Å². The third-order valence-corrected chi connectivity index (χ3v) is 2.99. The standard InChI is InChI=1S/C16H18FNO2/c1-11(18)16(14-8-3-4-9-15(14)17)20-13-7-5-6-12(10-13)19-2/h3-11,16H,18H2,1-2H3.